The Kier molecular flexibility index (Phi) is 10.7. The van der Waals surface area contributed by atoms with E-state index in [1.165, 1.54) is 22.3 Å². The zero-order chi connectivity index (χ0) is 47.9. The maximum absolute atomic E-state index is 6.39. The molecule has 0 radical (unpaired) electrons. The van der Waals surface area contributed by atoms with E-state index < -0.39 is 0 Å². The molecule has 6 nitrogen and oxygen atoms in total. The fourth-order valence-electron chi connectivity index (χ4n) is 9.33. The Morgan fingerprint density at radius 3 is 0.838 bits per heavy atom. The molecule has 10 aromatic rings. The van der Waals surface area contributed by atoms with Gasteiger partial charge in [0.15, 0.2) is 11.2 Å². The van der Waals surface area contributed by atoms with E-state index in [4.69, 9.17) is 28.8 Å². The molecule has 0 unspecified atom stereocenters. The number of oxazole rings is 2. The molecule has 0 saturated heterocycles. The topological polar surface area (TPSA) is 77.8 Å². The molecule has 0 N–H and O–H groups in total. The minimum absolute atomic E-state index is 0.0111. The molecule has 3 aromatic heterocycles. The van der Waals surface area contributed by atoms with E-state index in [-0.39, 0.29) is 21.7 Å². The maximum atomic E-state index is 6.39. The molecule has 0 aliphatic rings. The number of fused-ring (bicyclic) bond motifs is 3. The first-order valence-corrected chi connectivity index (χ1v) is 23.8. The lowest BCUT2D eigenvalue weighted by Crippen LogP contribution is -2.21. The Bertz CT molecular complexity index is 3160. The van der Waals surface area contributed by atoms with Crippen molar-refractivity contribution < 1.29 is 8.83 Å². The second-order valence-electron chi connectivity index (χ2n) is 22.5. The highest BCUT2D eigenvalue weighted by molar-refractivity contribution is 5.88. The highest BCUT2D eigenvalue weighted by Gasteiger charge is 2.29. The Balaban J connectivity index is 0.905. The van der Waals surface area contributed by atoms with Gasteiger partial charge in [-0.15, -0.1) is 0 Å². The number of para-hydroxylation sites is 2. The molecule has 7 aromatic carbocycles. The summed E-state index contributed by atoms with van der Waals surface area (Å²) >= 11 is 0. The van der Waals surface area contributed by atoms with E-state index in [9.17, 15) is 0 Å². The van der Waals surface area contributed by atoms with Crippen molar-refractivity contribution in [3.8, 4) is 67.7 Å². The molecule has 68 heavy (non-hydrogen) atoms. The average Bonchev–Trinajstić information content (AvgIpc) is 3.94. The molecule has 0 fully saturated rings. The van der Waals surface area contributed by atoms with Gasteiger partial charge in [0.05, 0.1) is 22.4 Å². The van der Waals surface area contributed by atoms with E-state index >= 15 is 0 Å². The monoisotopic (exact) mass is 892 g/mol. The summed E-state index contributed by atoms with van der Waals surface area (Å²) in [6.07, 6.45) is 0. The third kappa shape index (κ3) is 8.53. The molecule has 0 spiro atoms. The van der Waals surface area contributed by atoms with Gasteiger partial charge >= 0.3 is 0 Å². The molecular formula is C62H60N4O2. The highest BCUT2D eigenvalue weighted by Crippen LogP contribution is 2.41. The quantitative estimate of drug-likeness (QED) is 0.165. The lowest BCUT2D eigenvalue weighted by atomic mass is 9.75. The van der Waals surface area contributed by atoms with Crippen LogP contribution in [0.3, 0.4) is 0 Å². The molecule has 0 saturated carbocycles. The van der Waals surface area contributed by atoms with Crippen molar-refractivity contribution in [1.29, 1.82) is 0 Å². The van der Waals surface area contributed by atoms with E-state index in [0.29, 0.717) is 11.8 Å². The summed E-state index contributed by atoms with van der Waals surface area (Å²) < 4.78 is 12.8. The van der Waals surface area contributed by atoms with Crippen molar-refractivity contribution in [1.82, 2.24) is 19.9 Å². The minimum Gasteiger partial charge on any atom is -0.436 e. The first-order chi connectivity index (χ1) is 32.2. The van der Waals surface area contributed by atoms with Gasteiger partial charge in [0.25, 0.3) is 0 Å². The number of hydrogen-bond donors (Lipinski definition) is 0. The van der Waals surface area contributed by atoms with Crippen LogP contribution in [0.2, 0.25) is 0 Å². The largest absolute Gasteiger partial charge is 0.436 e. The summed E-state index contributed by atoms with van der Waals surface area (Å²) in [7, 11) is 0. The second kappa shape index (κ2) is 16.3. The molecule has 0 bridgehead atoms. The number of hydrogen-bond acceptors (Lipinski definition) is 6. The Morgan fingerprint density at radius 1 is 0.279 bits per heavy atom. The van der Waals surface area contributed by atoms with Crippen LogP contribution in [0.5, 0.6) is 0 Å². The summed E-state index contributed by atoms with van der Waals surface area (Å²) in [5.74, 6) is 1.25. The molecule has 0 atom stereocenters. The van der Waals surface area contributed by atoms with Gasteiger partial charge in [0.1, 0.15) is 11.0 Å². The van der Waals surface area contributed by atoms with E-state index in [1.807, 2.05) is 24.3 Å². The van der Waals surface area contributed by atoms with Crippen LogP contribution in [-0.4, -0.2) is 19.9 Å². The fourth-order valence-corrected chi connectivity index (χ4v) is 9.33. The van der Waals surface area contributed by atoms with E-state index in [2.05, 4.69) is 204 Å². The van der Waals surface area contributed by atoms with Gasteiger partial charge in [-0.25, -0.2) is 19.9 Å². The predicted molar refractivity (Wildman–Crippen MR) is 282 cm³/mol. The smallest absolute Gasteiger partial charge is 0.227 e. The fraction of sp³-hybridized carbons (Fsp3) is 0.258. The molecule has 0 amide bonds. The van der Waals surface area contributed by atoms with E-state index in [0.717, 1.165) is 89.1 Å². The van der Waals surface area contributed by atoms with Crippen LogP contribution in [0, 0.1) is 0 Å². The van der Waals surface area contributed by atoms with Crippen LogP contribution in [-0.2, 0) is 21.7 Å². The van der Waals surface area contributed by atoms with Crippen molar-refractivity contribution >= 4 is 33.2 Å². The summed E-state index contributed by atoms with van der Waals surface area (Å²) in [4.78, 5) is 20.3. The summed E-state index contributed by atoms with van der Waals surface area (Å²) in [6, 6.07) is 51.0. The zero-order valence-corrected chi connectivity index (χ0v) is 41.5. The van der Waals surface area contributed by atoms with Gasteiger partial charge in [-0.05, 0) is 127 Å². The molecule has 3 heterocycles. The first kappa shape index (κ1) is 44.6. The Morgan fingerprint density at radius 2 is 0.544 bits per heavy atom. The van der Waals surface area contributed by atoms with Crippen LogP contribution < -0.4 is 0 Å². The van der Waals surface area contributed by atoms with Gasteiger partial charge in [-0.1, -0.05) is 168 Å². The van der Waals surface area contributed by atoms with Gasteiger partial charge in [0, 0.05) is 22.3 Å². The van der Waals surface area contributed by atoms with Crippen LogP contribution >= 0.6 is 0 Å². The van der Waals surface area contributed by atoms with Crippen LogP contribution in [0.25, 0.3) is 101 Å². The molecule has 340 valence electrons. The third-order valence-electron chi connectivity index (χ3n) is 13.1. The van der Waals surface area contributed by atoms with Crippen molar-refractivity contribution in [3.05, 3.63) is 168 Å². The van der Waals surface area contributed by atoms with Crippen LogP contribution in [0.1, 0.15) is 105 Å². The standard InChI is InChI=1S/C62H60N4O2/c1-59(2,3)45-33-51-53(35-47(45)61(7,8)9)67-57(65-51)43-29-21-39(22-30-43)37-17-25-41(26-18-37)55-56(64-50-16-14-13-15-49(50)63-55)42-27-19-38(20-28-42)40-23-31-44(32-24-40)58-66-52-34-46(60(4,5)6)48(62(10,11)12)36-54(52)68-58/h13-36H,1-12H3. The summed E-state index contributed by atoms with van der Waals surface area (Å²) in [5.41, 5.74) is 20.2. The Hall–Kier alpha value is -7.18. The number of rotatable bonds is 6. The summed E-state index contributed by atoms with van der Waals surface area (Å²) in [6.45, 7) is 27.1. The number of benzene rings is 7. The van der Waals surface area contributed by atoms with Crippen molar-refractivity contribution in [2.24, 2.45) is 0 Å². The van der Waals surface area contributed by atoms with Gasteiger partial charge < -0.3 is 8.83 Å². The third-order valence-corrected chi connectivity index (χ3v) is 13.1. The van der Waals surface area contributed by atoms with Crippen LogP contribution in [0.15, 0.2) is 154 Å². The molecule has 6 heteroatoms. The predicted octanol–water partition coefficient (Wildman–Crippen LogP) is 17.1. The highest BCUT2D eigenvalue weighted by atomic mass is 16.4. The molecule has 10 rings (SSSR count). The average molecular weight is 893 g/mol. The molecule has 0 aliphatic heterocycles. The zero-order valence-electron chi connectivity index (χ0n) is 41.5. The maximum Gasteiger partial charge on any atom is 0.227 e. The van der Waals surface area contributed by atoms with Crippen molar-refractivity contribution in [3.63, 3.8) is 0 Å². The van der Waals surface area contributed by atoms with Crippen molar-refractivity contribution in [2.45, 2.75) is 105 Å². The number of nitrogens with zero attached hydrogens (tertiary/aromatic N) is 4. The lowest BCUT2D eigenvalue weighted by Gasteiger charge is -2.29. The SMILES string of the molecule is CC(C)(C)c1cc2nc(-c3ccc(-c4ccc(-c5nc6ccccc6nc5-c5ccc(-c6ccc(-c7nc8cc(C(C)(C)C)c(C(C)(C)C)cc8o7)cc6)cc5)cc4)cc3)oc2cc1C(C)(C)C. The molecule has 0 aliphatic carbocycles. The van der Waals surface area contributed by atoms with Crippen molar-refractivity contribution in [2.75, 3.05) is 0 Å². The Labute approximate surface area is 400 Å². The lowest BCUT2D eigenvalue weighted by molar-refractivity contribution is 0.529. The van der Waals surface area contributed by atoms with Gasteiger partial charge in [-0.3, -0.25) is 0 Å². The van der Waals surface area contributed by atoms with Gasteiger partial charge in [0.2, 0.25) is 11.8 Å². The minimum atomic E-state index is -0.0172. The normalized spacial score (nSPS) is 12.7. The summed E-state index contributed by atoms with van der Waals surface area (Å²) in [5, 5.41) is 0. The van der Waals surface area contributed by atoms with Crippen LogP contribution in [0.4, 0.5) is 0 Å². The first-order valence-electron chi connectivity index (χ1n) is 23.8. The van der Waals surface area contributed by atoms with Gasteiger partial charge in [-0.2, -0.15) is 0 Å². The number of aromatic nitrogens is 4. The molecular weight excluding hydrogens is 833 g/mol. The second-order valence-corrected chi connectivity index (χ2v) is 22.5. The van der Waals surface area contributed by atoms with E-state index in [1.54, 1.807) is 0 Å².